The standard InChI is InChI=1S/C16H16F2N2O/c1-11-5-3-4-6-13(11)14(12-7-9-19-10-8-12)20-15(21)16(2,17)18/h3-10,14H,1-2H3,(H,20,21)/t14-/m0/s1. The third-order valence-corrected chi connectivity index (χ3v) is 3.21. The first-order valence-electron chi connectivity index (χ1n) is 6.54. The van der Waals surface area contributed by atoms with E-state index in [2.05, 4.69) is 10.3 Å². The van der Waals surface area contributed by atoms with Gasteiger partial charge >= 0.3 is 5.92 Å². The van der Waals surface area contributed by atoms with Gasteiger partial charge in [0.15, 0.2) is 0 Å². The Morgan fingerprint density at radius 3 is 2.38 bits per heavy atom. The molecule has 0 fully saturated rings. The third-order valence-electron chi connectivity index (χ3n) is 3.21. The van der Waals surface area contributed by atoms with Gasteiger partial charge in [-0.15, -0.1) is 0 Å². The number of aryl methyl sites for hydroxylation is 1. The van der Waals surface area contributed by atoms with Gasteiger partial charge < -0.3 is 5.32 Å². The number of hydrogen-bond donors (Lipinski definition) is 1. The highest BCUT2D eigenvalue weighted by Crippen LogP contribution is 2.26. The van der Waals surface area contributed by atoms with Gasteiger partial charge in [0.25, 0.3) is 5.91 Å². The minimum Gasteiger partial charge on any atom is -0.340 e. The van der Waals surface area contributed by atoms with Crippen LogP contribution in [-0.2, 0) is 4.79 Å². The molecule has 0 aliphatic heterocycles. The van der Waals surface area contributed by atoms with Crippen molar-refractivity contribution in [2.45, 2.75) is 25.8 Å². The van der Waals surface area contributed by atoms with Crippen LogP contribution in [0, 0.1) is 6.92 Å². The number of benzene rings is 1. The van der Waals surface area contributed by atoms with Gasteiger partial charge in [-0.2, -0.15) is 8.78 Å². The lowest BCUT2D eigenvalue weighted by Crippen LogP contribution is -2.40. The number of halogens is 2. The zero-order chi connectivity index (χ0) is 15.5. The van der Waals surface area contributed by atoms with Crippen molar-refractivity contribution in [3.63, 3.8) is 0 Å². The molecule has 0 unspecified atom stereocenters. The number of alkyl halides is 2. The van der Waals surface area contributed by atoms with E-state index in [1.165, 1.54) is 0 Å². The molecule has 0 aliphatic rings. The molecule has 1 N–H and O–H groups in total. The molecule has 1 aromatic heterocycles. The van der Waals surface area contributed by atoms with E-state index in [9.17, 15) is 13.6 Å². The summed E-state index contributed by atoms with van der Waals surface area (Å²) in [5, 5.41) is 2.41. The smallest absolute Gasteiger partial charge is 0.321 e. The van der Waals surface area contributed by atoms with Crippen molar-refractivity contribution in [2.24, 2.45) is 0 Å². The predicted molar refractivity (Wildman–Crippen MR) is 76.0 cm³/mol. The normalized spacial score (nSPS) is 12.8. The van der Waals surface area contributed by atoms with Crippen LogP contribution in [-0.4, -0.2) is 16.8 Å². The van der Waals surface area contributed by atoms with Crippen molar-refractivity contribution < 1.29 is 13.6 Å². The van der Waals surface area contributed by atoms with Crippen LogP contribution in [0.4, 0.5) is 8.78 Å². The zero-order valence-electron chi connectivity index (χ0n) is 11.8. The van der Waals surface area contributed by atoms with Crippen molar-refractivity contribution in [3.05, 3.63) is 65.5 Å². The average molecular weight is 290 g/mol. The van der Waals surface area contributed by atoms with E-state index < -0.39 is 17.9 Å². The highest BCUT2D eigenvalue weighted by atomic mass is 19.3. The van der Waals surface area contributed by atoms with E-state index in [1.807, 2.05) is 31.2 Å². The van der Waals surface area contributed by atoms with Crippen molar-refractivity contribution in [3.8, 4) is 0 Å². The summed E-state index contributed by atoms with van der Waals surface area (Å²) >= 11 is 0. The molecule has 21 heavy (non-hydrogen) atoms. The van der Waals surface area contributed by atoms with Crippen molar-refractivity contribution in [1.82, 2.24) is 10.3 Å². The fourth-order valence-corrected chi connectivity index (χ4v) is 2.07. The molecule has 0 aliphatic carbocycles. The minimum atomic E-state index is -3.42. The Balaban J connectivity index is 2.41. The average Bonchev–Trinajstić information content (AvgIpc) is 2.45. The lowest BCUT2D eigenvalue weighted by molar-refractivity contribution is -0.143. The summed E-state index contributed by atoms with van der Waals surface area (Å²) in [6, 6.07) is 10.1. The van der Waals surface area contributed by atoms with Gasteiger partial charge in [0, 0.05) is 19.3 Å². The van der Waals surface area contributed by atoms with Crippen molar-refractivity contribution in [2.75, 3.05) is 0 Å². The SMILES string of the molecule is Cc1ccccc1[C@@H](NC(=O)C(C)(F)F)c1ccncc1. The van der Waals surface area contributed by atoms with Gasteiger partial charge in [0.1, 0.15) is 0 Å². The van der Waals surface area contributed by atoms with Crippen LogP contribution in [0.5, 0.6) is 0 Å². The second-order valence-electron chi connectivity index (χ2n) is 4.93. The highest BCUT2D eigenvalue weighted by Gasteiger charge is 2.34. The molecule has 0 radical (unpaired) electrons. The van der Waals surface area contributed by atoms with E-state index in [4.69, 9.17) is 0 Å². The maximum absolute atomic E-state index is 13.2. The Morgan fingerprint density at radius 2 is 1.81 bits per heavy atom. The van der Waals surface area contributed by atoms with Gasteiger partial charge in [-0.1, -0.05) is 24.3 Å². The lowest BCUT2D eigenvalue weighted by atomic mass is 9.95. The fraction of sp³-hybridized carbons (Fsp3) is 0.250. The van der Waals surface area contributed by atoms with E-state index >= 15 is 0 Å². The zero-order valence-corrected chi connectivity index (χ0v) is 11.8. The van der Waals surface area contributed by atoms with Crippen LogP contribution < -0.4 is 5.32 Å². The molecule has 2 rings (SSSR count). The van der Waals surface area contributed by atoms with Gasteiger partial charge in [0.05, 0.1) is 6.04 Å². The third kappa shape index (κ3) is 3.62. The summed E-state index contributed by atoms with van der Waals surface area (Å²) in [5.74, 6) is -4.72. The van der Waals surface area contributed by atoms with Crippen LogP contribution in [0.2, 0.25) is 0 Å². The number of carbonyl (C=O) groups excluding carboxylic acids is 1. The Kier molecular flexibility index (Phi) is 4.31. The number of pyridine rings is 1. The molecule has 0 saturated carbocycles. The van der Waals surface area contributed by atoms with Crippen LogP contribution in [0.25, 0.3) is 0 Å². The first-order valence-corrected chi connectivity index (χ1v) is 6.54. The number of nitrogens with one attached hydrogen (secondary N) is 1. The summed E-state index contributed by atoms with van der Waals surface area (Å²) < 4.78 is 26.4. The van der Waals surface area contributed by atoms with Gasteiger partial charge in [0.2, 0.25) is 0 Å². The fourth-order valence-electron chi connectivity index (χ4n) is 2.07. The summed E-state index contributed by atoms with van der Waals surface area (Å²) in [6.45, 7) is 2.46. The molecule has 3 nitrogen and oxygen atoms in total. The topological polar surface area (TPSA) is 42.0 Å². The molecule has 1 aromatic carbocycles. The van der Waals surface area contributed by atoms with E-state index in [1.54, 1.807) is 24.5 Å². The maximum atomic E-state index is 13.2. The molecule has 0 spiro atoms. The number of amides is 1. The Hall–Kier alpha value is -2.30. The van der Waals surface area contributed by atoms with Crippen LogP contribution >= 0.6 is 0 Å². The minimum absolute atomic E-state index is 0.587. The van der Waals surface area contributed by atoms with E-state index in [0.717, 1.165) is 11.1 Å². The second kappa shape index (κ2) is 5.99. The molecule has 0 bridgehead atoms. The first kappa shape index (κ1) is 15.1. The van der Waals surface area contributed by atoms with Gasteiger partial charge in [-0.25, -0.2) is 0 Å². The Labute approximate surface area is 122 Å². The van der Waals surface area contributed by atoms with Crippen LogP contribution in [0.1, 0.15) is 29.7 Å². The Morgan fingerprint density at radius 1 is 1.19 bits per heavy atom. The largest absolute Gasteiger partial charge is 0.340 e. The molecule has 1 amide bonds. The summed E-state index contributed by atoms with van der Waals surface area (Å²) in [4.78, 5) is 15.6. The van der Waals surface area contributed by atoms with Gasteiger partial charge in [-0.3, -0.25) is 9.78 Å². The summed E-state index contributed by atoms with van der Waals surface area (Å²) in [6.07, 6.45) is 3.13. The molecular formula is C16H16F2N2O. The highest BCUT2D eigenvalue weighted by molar-refractivity contribution is 5.83. The number of rotatable bonds is 4. The number of aromatic nitrogens is 1. The van der Waals surface area contributed by atoms with Crippen LogP contribution in [0.3, 0.4) is 0 Å². The number of hydrogen-bond acceptors (Lipinski definition) is 2. The van der Waals surface area contributed by atoms with Crippen molar-refractivity contribution >= 4 is 5.91 Å². The number of nitrogens with zero attached hydrogens (tertiary/aromatic N) is 1. The quantitative estimate of drug-likeness (QED) is 0.939. The molecule has 1 atom stereocenters. The van der Waals surface area contributed by atoms with Crippen LogP contribution in [0.15, 0.2) is 48.8 Å². The van der Waals surface area contributed by atoms with E-state index in [-0.39, 0.29) is 0 Å². The monoisotopic (exact) mass is 290 g/mol. The molecule has 2 aromatic rings. The molecule has 5 heteroatoms. The molecule has 1 heterocycles. The molecule has 0 saturated heterocycles. The second-order valence-corrected chi connectivity index (χ2v) is 4.93. The Bertz CT molecular complexity index is 624. The van der Waals surface area contributed by atoms with E-state index in [0.29, 0.717) is 12.5 Å². The molecule has 110 valence electrons. The number of carbonyl (C=O) groups is 1. The summed E-state index contributed by atoms with van der Waals surface area (Å²) in [5.41, 5.74) is 2.40. The van der Waals surface area contributed by atoms with Gasteiger partial charge in [-0.05, 0) is 35.7 Å². The predicted octanol–water partition coefficient (Wildman–Crippen LogP) is 3.25. The molecular weight excluding hydrogens is 274 g/mol. The van der Waals surface area contributed by atoms with Crippen molar-refractivity contribution in [1.29, 1.82) is 0 Å². The summed E-state index contributed by atoms with van der Waals surface area (Å²) in [7, 11) is 0. The lowest BCUT2D eigenvalue weighted by Gasteiger charge is -2.23. The maximum Gasteiger partial charge on any atom is 0.321 e. The first-order chi connectivity index (χ1) is 9.89.